The van der Waals surface area contributed by atoms with Crippen LogP contribution in [-0.4, -0.2) is 30.2 Å². The fourth-order valence-corrected chi connectivity index (χ4v) is 2.88. The van der Waals surface area contributed by atoms with E-state index in [2.05, 4.69) is 15.3 Å². The van der Waals surface area contributed by atoms with Crippen LogP contribution in [0, 0.1) is 0 Å². The van der Waals surface area contributed by atoms with Crippen LogP contribution in [0.5, 0.6) is 5.75 Å². The average Bonchev–Trinajstić information content (AvgIpc) is 2.56. The molecule has 5 nitrogen and oxygen atoms in total. The highest BCUT2D eigenvalue weighted by Crippen LogP contribution is 2.22. The number of nitrogens with one attached hydrogen (secondary N) is 2. The zero-order chi connectivity index (χ0) is 15.4. The summed E-state index contributed by atoms with van der Waals surface area (Å²) in [5.41, 5.74) is 1.97. The van der Waals surface area contributed by atoms with Gasteiger partial charge in [-0.25, -0.2) is 4.98 Å². The lowest BCUT2D eigenvalue weighted by Crippen LogP contribution is -2.28. The third kappa shape index (κ3) is 3.54. The molecule has 2 heterocycles. The Morgan fingerprint density at radius 2 is 1.95 bits per heavy atom. The standard InChI is InChI=1S/C17H21N3O2/c1-22-14-4-2-12(3-5-14)10-16-19-15(11-17(21)20-16)13-6-8-18-9-7-13/h2-5,11,13,18H,6-10H2,1H3,(H,19,20,21). The van der Waals surface area contributed by atoms with Gasteiger partial charge in [-0.1, -0.05) is 12.1 Å². The lowest BCUT2D eigenvalue weighted by molar-refractivity contribution is 0.414. The number of aromatic amines is 1. The van der Waals surface area contributed by atoms with Gasteiger partial charge in [0.05, 0.1) is 12.8 Å². The maximum atomic E-state index is 11.9. The third-order valence-electron chi connectivity index (χ3n) is 4.10. The summed E-state index contributed by atoms with van der Waals surface area (Å²) >= 11 is 0. The highest BCUT2D eigenvalue weighted by atomic mass is 16.5. The molecule has 0 spiro atoms. The van der Waals surface area contributed by atoms with Crippen molar-refractivity contribution >= 4 is 0 Å². The van der Waals surface area contributed by atoms with E-state index in [1.54, 1.807) is 13.2 Å². The number of hydrogen-bond donors (Lipinski definition) is 2. The summed E-state index contributed by atoms with van der Waals surface area (Å²) in [5.74, 6) is 1.94. The number of aromatic nitrogens is 2. The minimum atomic E-state index is -0.0629. The van der Waals surface area contributed by atoms with E-state index in [0.717, 1.165) is 48.8 Å². The first-order valence-corrected chi connectivity index (χ1v) is 7.68. The SMILES string of the molecule is COc1ccc(Cc2nc(C3CCNCC3)cc(=O)[nH]2)cc1. The zero-order valence-corrected chi connectivity index (χ0v) is 12.8. The van der Waals surface area contributed by atoms with Crippen LogP contribution in [0.2, 0.25) is 0 Å². The molecule has 5 heteroatoms. The summed E-state index contributed by atoms with van der Waals surface area (Å²) in [6.07, 6.45) is 2.70. The highest BCUT2D eigenvalue weighted by Gasteiger charge is 2.17. The average molecular weight is 299 g/mol. The molecule has 22 heavy (non-hydrogen) atoms. The summed E-state index contributed by atoms with van der Waals surface area (Å²) in [5, 5.41) is 3.34. The number of benzene rings is 1. The number of methoxy groups -OCH3 is 1. The van der Waals surface area contributed by atoms with E-state index in [-0.39, 0.29) is 5.56 Å². The summed E-state index contributed by atoms with van der Waals surface area (Å²) in [7, 11) is 1.65. The second-order valence-corrected chi connectivity index (χ2v) is 5.67. The van der Waals surface area contributed by atoms with Crippen LogP contribution in [0.3, 0.4) is 0 Å². The summed E-state index contributed by atoms with van der Waals surface area (Å²) in [6.45, 7) is 1.99. The van der Waals surface area contributed by atoms with Gasteiger partial charge in [0.15, 0.2) is 0 Å². The van der Waals surface area contributed by atoms with Gasteiger partial charge in [-0.05, 0) is 43.6 Å². The molecule has 0 atom stereocenters. The van der Waals surface area contributed by atoms with E-state index in [1.807, 2.05) is 24.3 Å². The molecular weight excluding hydrogens is 278 g/mol. The first-order valence-electron chi connectivity index (χ1n) is 7.68. The Balaban J connectivity index is 1.80. The molecule has 0 aliphatic carbocycles. The van der Waals surface area contributed by atoms with Gasteiger partial charge in [-0.15, -0.1) is 0 Å². The van der Waals surface area contributed by atoms with Gasteiger partial charge in [0.25, 0.3) is 5.56 Å². The Labute approximate surface area is 129 Å². The van der Waals surface area contributed by atoms with Crippen molar-refractivity contribution in [1.82, 2.24) is 15.3 Å². The lowest BCUT2D eigenvalue weighted by Gasteiger charge is -2.22. The Bertz CT molecular complexity index is 673. The molecule has 0 radical (unpaired) electrons. The van der Waals surface area contributed by atoms with Crippen molar-refractivity contribution < 1.29 is 4.74 Å². The Hall–Kier alpha value is -2.14. The molecular formula is C17H21N3O2. The number of ether oxygens (including phenoxy) is 1. The van der Waals surface area contributed by atoms with E-state index < -0.39 is 0 Å². The molecule has 2 aromatic rings. The summed E-state index contributed by atoms with van der Waals surface area (Å²) in [6, 6.07) is 9.48. The number of piperidine rings is 1. The number of rotatable bonds is 4. The van der Waals surface area contributed by atoms with Crippen LogP contribution in [0.1, 0.15) is 35.8 Å². The Kier molecular flexibility index (Phi) is 4.53. The zero-order valence-electron chi connectivity index (χ0n) is 12.8. The third-order valence-corrected chi connectivity index (χ3v) is 4.10. The second kappa shape index (κ2) is 6.75. The van der Waals surface area contributed by atoms with E-state index >= 15 is 0 Å². The lowest BCUT2D eigenvalue weighted by atomic mass is 9.94. The minimum Gasteiger partial charge on any atom is -0.497 e. The quantitative estimate of drug-likeness (QED) is 0.904. The molecule has 0 saturated carbocycles. The van der Waals surface area contributed by atoms with Crippen LogP contribution < -0.4 is 15.6 Å². The fraction of sp³-hybridized carbons (Fsp3) is 0.412. The van der Waals surface area contributed by atoms with Crippen molar-refractivity contribution in [2.45, 2.75) is 25.2 Å². The fourth-order valence-electron chi connectivity index (χ4n) is 2.88. The maximum absolute atomic E-state index is 11.9. The largest absolute Gasteiger partial charge is 0.497 e. The second-order valence-electron chi connectivity index (χ2n) is 5.67. The number of H-pyrrole nitrogens is 1. The first kappa shape index (κ1) is 14.8. The monoisotopic (exact) mass is 299 g/mol. The number of hydrogen-bond acceptors (Lipinski definition) is 4. The predicted molar refractivity (Wildman–Crippen MR) is 85.5 cm³/mol. The molecule has 1 saturated heterocycles. The smallest absolute Gasteiger partial charge is 0.251 e. The van der Waals surface area contributed by atoms with Gasteiger partial charge >= 0.3 is 0 Å². The topological polar surface area (TPSA) is 67.0 Å². The molecule has 1 aliphatic heterocycles. The van der Waals surface area contributed by atoms with E-state index in [0.29, 0.717) is 12.3 Å². The minimum absolute atomic E-state index is 0.0629. The maximum Gasteiger partial charge on any atom is 0.251 e. The van der Waals surface area contributed by atoms with Crippen LogP contribution >= 0.6 is 0 Å². The molecule has 0 bridgehead atoms. The van der Waals surface area contributed by atoms with E-state index in [1.165, 1.54) is 0 Å². The molecule has 1 aromatic heterocycles. The van der Waals surface area contributed by atoms with Crippen molar-refractivity contribution in [1.29, 1.82) is 0 Å². The first-order chi connectivity index (χ1) is 10.7. The van der Waals surface area contributed by atoms with Gasteiger partial charge < -0.3 is 15.0 Å². The molecule has 1 fully saturated rings. The van der Waals surface area contributed by atoms with Gasteiger partial charge in [0.1, 0.15) is 11.6 Å². The summed E-state index contributed by atoms with van der Waals surface area (Å²) in [4.78, 5) is 19.4. The Morgan fingerprint density at radius 3 is 2.64 bits per heavy atom. The number of nitrogens with zero attached hydrogens (tertiary/aromatic N) is 1. The van der Waals surface area contributed by atoms with Crippen molar-refractivity contribution in [3.63, 3.8) is 0 Å². The van der Waals surface area contributed by atoms with Crippen LogP contribution in [0.4, 0.5) is 0 Å². The van der Waals surface area contributed by atoms with Crippen molar-refractivity contribution in [2.24, 2.45) is 0 Å². The van der Waals surface area contributed by atoms with Gasteiger partial charge in [0, 0.05) is 18.4 Å². The van der Waals surface area contributed by atoms with Gasteiger partial charge in [-0.2, -0.15) is 0 Å². The van der Waals surface area contributed by atoms with Crippen molar-refractivity contribution in [3.05, 3.63) is 57.8 Å². The predicted octanol–water partition coefficient (Wildman–Crippen LogP) is 1.84. The highest BCUT2D eigenvalue weighted by molar-refractivity contribution is 5.29. The van der Waals surface area contributed by atoms with Crippen LogP contribution in [0.25, 0.3) is 0 Å². The van der Waals surface area contributed by atoms with Gasteiger partial charge in [0.2, 0.25) is 0 Å². The van der Waals surface area contributed by atoms with Crippen LogP contribution in [-0.2, 0) is 6.42 Å². The molecule has 3 rings (SSSR count). The molecule has 2 N–H and O–H groups in total. The normalized spacial score (nSPS) is 15.7. The van der Waals surface area contributed by atoms with Crippen molar-refractivity contribution in [3.8, 4) is 5.75 Å². The molecule has 116 valence electrons. The summed E-state index contributed by atoms with van der Waals surface area (Å²) < 4.78 is 5.16. The molecule has 1 aromatic carbocycles. The molecule has 0 amide bonds. The van der Waals surface area contributed by atoms with E-state index in [9.17, 15) is 4.79 Å². The molecule has 0 unspecified atom stereocenters. The van der Waals surface area contributed by atoms with Crippen molar-refractivity contribution in [2.75, 3.05) is 20.2 Å². The van der Waals surface area contributed by atoms with Gasteiger partial charge in [-0.3, -0.25) is 4.79 Å². The molecule has 1 aliphatic rings. The van der Waals surface area contributed by atoms with Crippen LogP contribution in [0.15, 0.2) is 35.1 Å². The Morgan fingerprint density at radius 1 is 1.23 bits per heavy atom. The van der Waals surface area contributed by atoms with E-state index in [4.69, 9.17) is 4.74 Å².